The Morgan fingerprint density at radius 3 is 1.96 bits per heavy atom. The first kappa shape index (κ1) is 19.2. The molecule has 2 N–H and O–H groups in total. The third kappa shape index (κ3) is 4.60. The van der Waals surface area contributed by atoms with Gasteiger partial charge in [-0.15, -0.1) is 0 Å². The van der Waals surface area contributed by atoms with Gasteiger partial charge in [-0.2, -0.15) is 0 Å². The molecule has 0 aliphatic rings. The van der Waals surface area contributed by atoms with E-state index in [4.69, 9.17) is 10.5 Å². The number of rotatable bonds is 6. The summed E-state index contributed by atoms with van der Waals surface area (Å²) in [6.45, 7) is 2.00. The molecule has 0 atom stereocenters. The lowest BCUT2D eigenvalue weighted by molar-refractivity contribution is -0.142. The minimum Gasteiger partial charge on any atom is -0.482 e. The van der Waals surface area contributed by atoms with Gasteiger partial charge in [-0.1, -0.05) is 54.6 Å². The second kappa shape index (κ2) is 8.91. The highest BCUT2D eigenvalue weighted by Gasteiger charge is 2.11. The van der Waals surface area contributed by atoms with Crippen LogP contribution in [0.25, 0.3) is 11.1 Å². The molecule has 0 unspecified atom stereocenters. The molecule has 3 aromatic rings. The van der Waals surface area contributed by atoms with E-state index in [-0.39, 0.29) is 6.61 Å². The van der Waals surface area contributed by atoms with E-state index in [0.717, 1.165) is 33.5 Å². The van der Waals surface area contributed by atoms with Crippen molar-refractivity contribution < 1.29 is 14.3 Å². The second-order valence-corrected chi connectivity index (χ2v) is 6.38. The molecule has 0 amide bonds. The number of hydrogen-bond acceptors (Lipinski definition) is 4. The van der Waals surface area contributed by atoms with Gasteiger partial charge in [0.05, 0.1) is 7.11 Å². The standard InChI is InChI=1S/C24H23NO3/c1-17(18-6-4-3-5-7-18)24(19-8-12-21(25)13-9-19)20-10-14-22(15-11-20)28-16-23(26)27-2/h3-15H,16,25H2,1-2H3/b24-17-. The highest BCUT2D eigenvalue weighted by atomic mass is 16.6. The van der Waals surface area contributed by atoms with Crippen LogP contribution in [0.5, 0.6) is 5.75 Å². The first-order chi connectivity index (χ1) is 13.6. The summed E-state index contributed by atoms with van der Waals surface area (Å²) in [6, 6.07) is 25.8. The van der Waals surface area contributed by atoms with E-state index >= 15 is 0 Å². The van der Waals surface area contributed by atoms with Gasteiger partial charge in [0, 0.05) is 5.69 Å². The van der Waals surface area contributed by atoms with Gasteiger partial charge >= 0.3 is 5.97 Å². The van der Waals surface area contributed by atoms with Crippen LogP contribution in [-0.4, -0.2) is 19.7 Å². The van der Waals surface area contributed by atoms with Crippen LogP contribution in [0.4, 0.5) is 5.69 Å². The summed E-state index contributed by atoms with van der Waals surface area (Å²) in [5.74, 6) is 0.203. The number of allylic oxidation sites excluding steroid dienone is 1. The molecule has 4 nitrogen and oxygen atoms in total. The maximum atomic E-state index is 11.3. The molecule has 0 bridgehead atoms. The van der Waals surface area contributed by atoms with E-state index in [1.165, 1.54) is 7.11 Å². The number of methoxy groups -OCH3 is 1. The fraction of sp³-hybridized carbons (Fsp3) is 0.125. The van der Waals surface area contributed by atoms with Gasteiger partial charge < -0.3 is 15.2 Å². The highest BCUT2D eigenvalue weighted by molar-refractivity contribution is 5.98. The van der Waals surface area contributed by atoms with Crippen LogP contribution in [0.1, 0.15) is 23.6 Å². The molecule has 3 rings (SSSR count). The highest BCUT2D eigenvalue weighted by Crippen LogP contribution is 2.33. The Balaban J connectivity index is 2.00. The van der Waals surface area contributed by atoms with Crippen LogP contribution in [0.2, 0.25) is 0 Å². The van der Waals surface area contributed by atoms with E-state index < -0.39 is 5.97 Å². The number of esters is 1. The van der Waals surface area contributed by atoms with Crippen molar-refractivity contribution in [2.75, 3.05) is 19.5 Å². The number of hydrogen-bond donors (Lipinski definition) is 1. The molecule has 0 spiro atoms. The van der Waals surface area contributed by atoms with Crippen molar-refractivity contribution in [2.24, 2.45) is 0 Å². The van der Waals surface area contributed by atoms with E-state index in [0.29, 0.717) is 5.75 Å². The van der Waals surface area contributed by atoms with Crippen LogP contribution < -0.4 is 10.5 Å². The van der Waals surface area contributed by atoms with Crippen molar-refractivity contribution in [1.82, 2.24) is 0 Å². The molecular formula is C24H23NO3. The fourth-order valence-corrected chi connectivity index (χ4v) is 3.00. The molecule has 3 aromatic carbocycles. The maximum Gasteiger partial charge on any atom is 0.343 e. The Morgan fingerprint density at radius 1 is 0.821 bits per heavy atom. The maximum absolute atomic E-state index is 11.3. The third-order valence-electron chi connectivity index (χ3n) is 4.51. The SMILES string of the molecule is COC(=O)COc1ccc(/C(=C(/C)c2ccccc2)c2ccc(N)cc2)cc1. The predicted molar refractivity (Wildman–Crippen MR) is 113 cm³/mol. The van der Waals surface area contributed by atoms with Crippen molar-refractivity contribution >= 4 is 22.8 Å². The van der Waals surface area contributed by atoms with Crippen LogP contribution in [-0.2, 0) is 9.53 Å². The lowest BCUT2D eigenvalue weighted by Crippen LogP contribution is -2.12. The van der Waals surface area contributed by atoms with Crippen LogP contribution in [0, 0.1) is 0 Å². The summed E-state index contributed by atoms with van der Waals surface area (Å²) in [5.41, 5.74) is 12.2. The number of nitrogen functional groups attached to an aromatic ring is 1. The number of ether oxygens (including phenoxy) is 2. The summed E-state index contributed by atoms with van der Waals surface area (Å²) < 4.78 is 10.1. The normalized spacial score (nSPS) is 11.5. The molecule has 0 heterocycles. The first-order valence-corrected chi connectivity index (χ1v) is 9.00. The molecule has 0 fully saturated rings. The molecule has 4 heteroatoms. The average molecular weight is 373 g/mol. The number of benzene rings is 3. The van der Waals surface area contributed by atoms with Crippen LogP contribution in [0.15, 0.2) is 78.9 Å². The molecule has 28 heavy (non-hydrogen) atoms. The van der Waals surface area contributed by atoms with Gasteiger partial charge in [0.15, 0.2) is 6.61 Å². The minimum absolute atomic E-state index is 0.112. The quantitative estimate of drug-likeness (QED) is 0.383. The van der Waals surface area contributed by atoms with E-state index in [9.17, 15) is 4.79 Å². The molecule has 0 saturated heterocycles. The van der Waals surface area contributed by atoms with Crippen molar-refractivity contribution in [1.29, 1.82) is 0 Å². The molecule has 142 valence electrons. The summed E-state index contributed by atoms with van der Waals surface area (Å²) in [7, 11) is 1.34. The average Bonchev–Trinajstić information content (AvgIpc) is 2.75. The van der Waals surface area contributed by atoms with Crippen molar-refractivity contribution in [3.05, 3.63) is 95.6 Å². The lowest BCUT2D eigenvalue weighted by Gasteiger charge is -2.15. The van der Waals surface area contributed by atoms with E-state index in [1.807, 2.05) is 66.7 Å². The smallest absolute Gasteiger partial charge is 0.343 e. The minimum atomic E-state index is -0.411. The monoisotopic (exact) mass is 373 g/mol. The molecule has 0 radical (unpaired) electrons. The van der Waals surface area contributed by atoms with Gasteiger partial charge in [0.1, 0.15) is 5.75 Å². The Bertz CT molecular complexity index is 959. The van der Waals surface area contributed by atoms with Gasteiger partial charge in [0.25, 0.3) is 0 Å². The Labute approximate surface area is 165 Å². The molecular weight excluding hydrogens is 350 g/mol. The molecule has 0 saturated carbocycles. The summed E-state index contributed by atoms with van der Waals surface area (Å²) in [6.07, 6.45) is 0. The van der Waals surface area contributed by atoms with Crippen molar-refractivity contribution in [2.45, 2.75) is 6.92 Å². The Kier molecular flexibility index (Phi) is 6.12. The largest absolute Gasteiger partial charge is 0.482 e. The Hall–Kier alpha value is -3.53. The van der Waals surface area contributed by atoms with Gasteiger partial charge in [0.2, 0.25) is 0 Å². The summed E-state index contributed by atoms with van der Waals surface area (Å²) in [5, 5.41) is 0. The topological polar surface area (TPSA) is 61.5 Å². The van der Waals surface area contributed by atoms with Crippen LogP contribution >= 0.6 is 0 Å². The fourth-order valence-electron chi connectivity index (χ4n) is 3.00. The van der Waals surface area contributed by atoms with E-state index in [1.54, 1.807) is 0 Å². The third-order valence-corrected chi connectivity index (χ3v) is 4.51. The Morgan fingerprint density at radius 2 is 1.39 bits per heavy atom. The summed E-state index contributed by atoms with van der Waals surface area (Å²) in [4.78, 5) is 11.3. The van der Waals surface area contributed by atoms with Gasteiger partial charge in [-0.25, -0.2) is 4.79 Å². The zero-order chi connectivity index (χ0) is 19.9. The molecule has 0 aliphatic carbocycles. The predicted octanol–water partition coefficient (Wildman–Crippen LogP) is 4.80. The molecule has 0 aliphatic heterocycles. The van der Waals surface area contributed by atoms with Crippen molar-refractivity contribution in [3.63, 3.8) is 0 Å². The molecule has 0 aromatic heterocycles. The van der Waals surface area contributed by atoms with Crippen molar-refractivity contribution in [3.8, 4) is 5.75 Å². The lowest BCUT2D eigenvalue weighted by atomic mass is 9.90. The van der Waals surface area contributed by atoms with Gasteiger partial charge in [-0.3, -0.25) is 0 Å². The number of carbonyl (C=O) groups is 1. The number of anilines is 1. The number of carbonyl (C=O) groups excluding carboxylic acids is 1. The first-order valence-electron chi connectivity index (χ1n) is 9.00. The zero-order valence-electron chi connectivity index (χ0n) is 16.0. The second-order valence-electron chi connectivity index (χ2n) is 6.38. The van der Waals surface area contributed by atoms with Gasteiger partial charge in [-0.05, 0) is 59.0 Å². The summed E-state index contributed by atoms with van der Waals surface area (Å²) >= 11 is 0. The zero-order valence-corrected chi connectivity index (χ0v) is 16.0. The van der Waals surface area contributed by atoms with Crippen LogP contribution in [0.3, 0.4) is 0 Å². The van der Waals surface area contributed by atoms with E-state index in [2.05, 4.69) is 23.8 Å². The number of nitrogens with two attached hydrogens (primary N) is 1.